The molecule has 0 aromatic heterocycles. The second kappa shape index (κ2) is 6.97. The molecule has 0 atom stereocenters. The Morgan fingerprint density at radius 1 is 1.29 bits per heavy atom. The van der Waals surface area contributed by atoms with Crippen molar-refractivity contribution in [2.45, 2.75) is 27.3 Å². The SMILES string of the molecule is CCOc1cccc(CN)c1OCC=C(C)C. The van der Waals surface area contributed by atoms with Gasteiger partial charge in [-0.1, -0.05) is 17.7 Å². The van der Waals surface area contributed by atoms with E-state index < -0.39 is 0 Å². The van der Waals surface area contributed by atoms with Gasteiger partial charge < -0.3 is 15.2 Å². The molecule has 0 spiro atoms. The van der Waals surface area contributed by atoms with Crippen molar-refractivity contribution in [1.29, 1.82) is 0 Å². The third-order valence-corrected chi connectivity index (χ3v) is 2.30. The van der Waals surface area contributed by atoms with E-state index in [9.17, 15) is 0 Å². The maximum atomic E-state index is 5.74. The number of para-hydroxylation sites is 1. The molecule has 3 heteroatoms. The summed E-state index contributed by atoms with van der Waals surface area (Å²) in [5.74, 6) is 1.52. The smallest absolute Gasteiger partial charge is 0.166 e. The fourth-order valence-electron chi connectivity index (χ4n) is 1.45. The molecule has 0 aliphatic carbocycles. The summed E-state index contributed by atoms with van der Waals surface area (Å²) < 4.78 is 11.3. The number of nitrogens with two attached hydrogens (primary N) is 1. The van der Waals surface area contributed by atoms with Crippen molar-refractivity contribution < 1.29 is 9.47 Å². The zero-order valence-corrected chi connectivity index (χ0v) is 10.8. The third kappa shape index (κ3) is 4.11. The Kier molecular flexibility index (Phi) is 5.57. The van der Waals surface area contributed by atoms with E-state index in [4.69, 9.17) is 15.2 Å². The van der Waals surface area contributed by atoms with E-state index in [1.165, 1.54) is 5.57 Å². The highest BCUT2D eigenvalue weighted by atomic mass is 16.5. The van der Waals surface area contributed by atoms with Crippen molar-refractivity contribution in [2.75, 3.05) is 13.2 Å². The number of hydrogen-bond acceptors (Lipinski definition) is 3. The van der Waals surface area contributed by atoms with Crippen LogP contribution in [0.5, 0.6) is 11.5 Å². The molecule has 0 bridgehead atoms. The maximum absolute atomic E-state index is 5.74. The Bertz CT molecular complexity index is 382. The van der Waals surface area contributed by atoms with Gasteiger partial charge in [0.25, 0.3) is 0 Å². The molecule has 1 aromatic rings. The van der Waals surface area contributed by atoms with Crippen molar-refractivity contribution in [1.82, 2.24) is 0 Å². The van der Waals surface area contributed by atoms with Gasteiger partial charge in [0.2, 0.25) is 0 Å². The third-order valence-electron chi connectivity index (χ3n) is 2.30. The van der Waals surface area contributed by atoms with Gasteiger partial charge in [0, 0.05) is 12.1 Å². The van der Waals surface area contributed by atoms with Crippen LogP contribution in [0.3, 0.4) is 0 Å². The monoisotopic (exact) mass is 235 g/mol. The average molecular weight is 235 g/mol. The number of allylic oxidation sites excluding steroid dienone is 1. The highest BCUT2D eigenvalue weighted by molar-refractivity contribution is 5.46. The van der Waals surface area contributed by atoms with E-state index in [1.54, 1.807) is 0 Å². The van der Waals surface area contributed by atoms with Crippen molar-refractivity contribution >= 4 is 0 Å². The summed E-state index contributed by atoms with van der Waals surface area (Å²) in [6, 6.07) is 5.79. The fourth-order valence-corrected chi connectivity index (χ4v) is 1.45. The molecule has 0 heterocycles. The van der Waals surface area contributed by atoms with E-state index in [-0.39, 0.29) is 0 Å². The van der Waals surface area contributed by atoms with Crippen LogP contribution in [0.4, 0.5) is 0 Å². The molecule has 0 aliphatic heterocycles. The molecule has 0 saturated heterocycles. The topological polar surface area (TPSA) is 44.5 Å². The van der Waals surface area contributed by atoms with Gasteiger partial charge in [0.05, 0.1) is 6.61 Å². The molecule has 0 saturated carbocycles. The van der Waals surface area contributed by atoms with E-state index in [2.05, 4.69) is 0 Å². The minimum absolute atomic E-state index is 0.449. The largest absolute Gasteiger partial charge is 0.490 e. The van der Waals surface area contributed by atoms with Crippen LogP contribution < -0.4 is 15.2 Å². The summed E-state index contributed by atoms with van der Waals surface area (Å²) in [5, 5.41) is 0. The van der Waals surface area contributed by atoms with Crippen LogP contribution in [0.1, 0.15) is 26.3 Å². The van der Waals surface area contributed by atoms with Gasteiger partial charge in [-0.25, -0.2) is 0 Å². The Balaban J connectivity index is 2.88. The van der Waals surface area contributed by atoms with Crippen molar-refractivity contribution in [2.24, 2.45) is 5.73 Å². The summed E-state index contributed by atoms with van der Waals surface area (Å²) in [7, 11) is 0. The molecule has 0 amide bonds. The van der Waals surface area contributed by atoms with Crippen LogP contribution in [-0.2, 0) is 6.54 Å². The fraction of sp³-hybridized carbons (Fsp3) is 0.429. The maximum Gasteiger partial charge on any atom is 0.166 e. The molecule has 3 nitrogen and oxygen atoms in total. The molecule has 0 aliphatic rings. The van der Waals surface area contributed by atoms with Crippen LogP contribution in [0, 0.1) is 0 Å². The van der Waals surface area contributed by atoms with Crippen molar-refractivity contribution in [3.05, 3.63) is 35.4 Å². The van der Waals surface area contributed by atoms with Gasteiger partial charge in [-0.15, -0.1) is 0 Å². The van der Waals surface area contributed by atoms with E-state index in [0.717, 1.165) is 17.1 Å². The Morgan fingerprint density at radius 2 is 2.06 bits per heavy atom. The quantitative estimate of drug-likeness (QED) is 0.771. The van der Waals surface area contributed by atoms with Crippen LogP contribution in [0.2, 0.25) is 0 Å². The summed E-state index contributed by atoms with van der Waals surface area (Å²) >= 11 is 0. The predicted octanol–water partition coefficient (Wildman–Crippen LogP) is 2.89. The Morgan fingerprint density at radius 3 is 2.65 bits per heavy atom. The molecule has 1 aromatic carbocycles. The first-order valence-corrected chi connectivity index (χ1v) is 5.90. The van der Waals surface area contributed by atoms with E-state index in [0.29, 0.717) is 19.8 Å². The van der Waals surface area contributed by atoms with Gasteiger partial charge in [0.1, 0.15) is 6.61 Å². The molecule has 0 unspecified atom stereocenters. The first-order chi connectivity index (χ1) is 8.19. The van der Waals surface area contributed by atoms with Crippen LogP contribution in [0.25, 0.3) is 0 Å². The van der Waals surface area contributed by atoms with Crippen LogP contribution >= 0.6 is 0 Å². The zero-order chi connectivity index (χ0) is 12.7. The lowest BCUT2D eigenvalue weighted by molar-refractivity contribution is 0.294. The van der Waals surface area contributed by atoms with Gasteiger partial charge in [-0.2, -0.15) is 0 Å². The molecular formula is C14H21NO2. The normalized spacial score (nSPS) is 9.88. The first-order valence-electron chi connectivity index (χ1n) is 5.90. The summed E-state index contributed by atoms with van der Waals surface area (Å²) in [6.45, 7) is 7.65. The zero-order valence-electron chi connectivity index (χ0n) is 10.8. The number of benzene rings is 1. The molecular weight excluding hydrogens is 214 g/mol. The molecule has 0 fully saturated rings. The summed E-state index contributed by atoms with van der Waals surface area (Å²) in [5.41, 5.74) is 7.90. The standard InChI is InChI=1S/C14H21NO2/c1-4-16-13-7-5-6-12(10-15)14(13)17-9-8-11(2)3/h5-8H,4,9-10,15H2,1-3H3. The van der Waals surface area contributed by atoms with E-state index in [1.807, 2.05) is 45.0 Å². The lowest BCUT2D eigenvalue weighted by Gasteiger charge is -2.14. The second-order valence-electron chi connectivity index (χ2n) is 3.97. The van der Waals surface area contributed by atoms with Crippen molar-refractivity contribution in [3.63, 3.8) is 0 Å². The molecule has 94 valence electrons. The number of hydrogen-bond donors (Lipinski definition) is 1. The molecule has 2 N–H and O–H groups in total. The van der Waals surface area contributed by atoms with Crippen LogP contribution in [0.15, 0.2) is 29.8 Å². The minimum atomic E-state index is 0.449. The lowest BCUT2D eigenvalue weighted by Crippen LogP contribution is -2.05. The molecule has 1 rings (SSSR count). The molecule has 17 heavy (non-hydrogen) atoms. The minimum Gasteiger partial charge on any atom is -0.490 e. The van der Waals surface area contributed by atoms with Crippen molar-refractivity contribution in [3.8, 4) is 11.5 Å². The summed E-state index contributed by atoms with van der Waals surface area (Å²) in [6.07, 6.45) is 2.03. The highest BCUT2D eigenvalue weighted by Gasteiger charge is 2.09. The Hall–Kier alpha value is -1.48. The first kappa shape index (κ1) is 13.6. The van der Waals surface area contributed by atoms with Gasteiger partial charge >= 0.3 is 0 Å². The summed E-state index contributed by atoms with van der Waals surface area (Å²) in [4.78, 5) is 0. The Labute approximate surface area is 103 Å². The predicted molar refractivity (Wildman–Crippen MR) is 70.4 cm³/mol. The van der Waals surface area contributed by atoms with Gasteiger partial charge in [0.15, 0.2) is 11.5 Å². The number of rotatable bonds is 6. The van der Waals surface area contributed by atoms with E-state index >= 15 is 0 Å². The van der Waals surface area contributed by atoms with Crippen LogP contribution in [-0.4, -0.2) is 13.2 Å². The van der Waals surface area contributed by atoms with Gasteiger partial charge in [-0.05, 0) is 32.9 Å². The average Bonchev–Trinajstić information content (AvgIpc) is 2.30. The lowest BCUT2D eigenvalue weighted by atomic mass is 10.2. The number of ether oxygens (including phenoxy) is 2. The highest BCUT2D eigenvalue weighted by Crippen LogP contribution is 2.31. The van der Waals surface area contributed by atoms with Gasteiger partial charge in [-0.3, -0.25) is 0 Å². The molecule has 0 radical (unpaired) electrons. The second-order valence-corrected chi connectivity index (χ2v) is 3.97.